The average molecular weight is 722 g/mol. The van der Waals surface area contributed by atoms with Crippen LogP contribution < -0.4 is 21.3 Å². The quantitative estimate of drug-likeness (QED) is 0.147. The Labute approximate surface area is 297 Å². The van der Waals surface area contributed by atoms with Gasteiger partial charge in [-0.05, 0) is 62.2 Å². The number of nitrogens with zero attached hydrogens (tertiary/aromatic N) is 1. The van der Waals surface area contributed by atoms with Crippen molar-refractivity contribution in [3.63, 3.8) is 0 Å². The molecule has 0 unspecified atom stereocenters. The van der Waals surface area contributed by atoms with Gasteiger partial charge in [-0.25, -0.2) is 13.2 Å². The lowest BCUT2D eigenvalue weighted by Gasteiger charge is -2.44. The summed E-state index contributed by atoms with van der Waals surface area (Å²) in [6, 6.07) is -2.44. The van der Waals surface area contributed by atoms with Gasteiger partial charge in [-0.1, -0.05) is 65.4 Å². The molecule has 0 radical (unpaired) electrons. The summed E-state index contributed by atoms with van der Waals surface area (Å²) in [5.74, 6) is -2.84. The summed E-state index contributed by atoms with van der Waals surface area (Å²) in [5.41, 5.74) is -1.80. The fourth-order valence-electron chi connectivity index (χ4n) is 8.72. The van der Waals surface area contributed by atoms with Crippen molar-refractivity contribution in [3.05, 3.63) is 12.7 Å². The van der Waals surface area contributed by atoms with Gasteiger partial charge in [0.1, 0.15) is 12.1 Å². The molecule has 0 aromatic heterocycles. The fourth-order valence-corrected chi connectivity index (χ4v) is 10.5. The van der Waals surface area contributed by atoms with Crippen molar-refractivity contribution in [3.8, 4) is 0 Å². The van der Waals surface area contributed by atoms with E-state index in [2.05, 4.69) is 41.7 Å². The number of urea groups is 1. The highest BCUT2D eigenvalue weighted by molar-refractivity contribution is 7.92. The summed E-state index contributed by atoms with van der Waals surface area (Å²) >= 11 is 0. The number of amides is 5. The molecule has 4 fully saturated rings. The first kappa shape index (κ1) is 39.8. The molecule has 14 heteroatoms. The van der Waals surface area contributed by atoms with Crippen LogP contribution in [0.15, 0.2) is 12.7 Å². The van der Waals surface area contributed by atoms with E-state index >= 15 is 0 Å². The summed E-state index contributed by atoms with van der Waals surface area (Å²) < 4.78 is 31.4. The van der Waals surface area contributed by atoms with Gasteiger partial charge in [-0.15, -0.1) is 6.58 Å². The first-order valence-corrected chi connectivity index (χ1v) is 19.8. The highest BCUT2D eigenvalue weighted by atomic mass is 32.2. The summed E-state index contributed by atoms with van der Waals surface area (Å²) in [4.78, 5) is 68.5. The number of hydrogen-bond acceptors (Lipinski definition) is 8. The molecule has 4 atom stereocenters. The summed E-state index contributed by atoms with van der Waals surface area (Å²) in [6.07, 6.45) is 9.10. The SMILES string of the molecule is C=CCNC(=O)C(=O)CNC(=O)[C@@H]1[C@@H]2[C@H](CN1C(=O)[C@@H](NC(=O)NC1(CS(=O)(=O)C(C)(C)COC)CCCCC1)C1(C)CCCCC1)C2(C)C. The van der Waals surface area contributed by atoms with Crippen LogP contribution in [0, 0.1) is 22.7 Å². The smallest absolute Gasteiger partial charge is 0.315 e. The van der Waals surface area contributed by atoms with E-state index in [0.29, 0.717) is 32.2 Å². The van der Waals surface area contributed by atoms with Crippen LogP contribution >= 0.6 is 0 Å². The Hall–Kier alpha value is -3.00. The van der Waals surface area contributed by atoms with Crippen LogP contribution in [0.3, 0.4) is 0 Å². The number of carbonyl (C=O) groups excluding carboxylic acids is 5. The maximum Gasteiger partial charge on any atom is 0.315 e. The maximum absolute atomic E-state index is 14.7. The van der Waals surface area contributed by atoms with Crippen molar-refractivity contribution in [2.75, 3.05) is 39.1 Å². The van der Waals surface area contributed by atoms with Crippen LogP contribution in [0.5, 0.6) is 0 Å². The summed E-state index contributed by atoms with van der Waals surface area (Å²) in [7, 11) is -2.24. The van der Waals surface area contributed by atoms with Gasteiger partial charge in [-0.3, -0.25) is 19.2 Å². The molecule has 0 spiro atoms. The number of fused-ring (bicyclic) bond motifs is 1. The Kier molecular flexibility index (Phi) is 12.2. The molecule has 0 aromatic rings. The third-order valence-corrected chi connectivity index (χ3v) is 14.8. The molecule has 0 bridgehead atoms. The van der Waals surface area contributed by atoms with E-state index in [9.17, 15) is 32.4 Å². The molecule has 5 amide bonds. The second-order valence-corrected chi connectivity index (χ2v) is 19.2. The van der Waals surface area contributed by atoms with Crippen molar-refractivity contribution in [2.24, 2.45) is 22.7 Å². The van der Waals surface area contributed by atoms with Crippen LogP contribution in [-0.4, -0.2) is 104 Å². The molecule has 0 aromatic carbocycles. The summed E-state index contributed by atoms with van der Waals surface area (Å²) in [5, 5.41) is 11.1. The fraction of sp³-hybridized carbons (Fsp3) is 0.806. The number of sulfone groups is 1. The largest absolute Gasteiger partial charge is 0.383 e. The minimum atomic E-state index is -3.71. The third-order valence-electron chi connectivity index (χ3n) is 12.0. The highest BCUT2D eigenvalue weighted by Gasteiger charge is 2.70. The zero-order valence-corrected chi connectivity index (χ0v) is 31.6. The molecule has 4 aliphatic rings. The number of rotatable bonds is 15. The van der Waals surface area contributed by atoms with Crippen molar-refractivity contribution in [2.45, 2.75) is 121 Å². The van der Waals surface area contributed by atoms with Crippen molar-refractivity contribution < 1.29 is 37.1 Å². The number of Topliss-reactive ketones (excluding diaryl/α,β-unsaturated/α-hetero) is 1. The number of piperidine rings is 1. The van der Waals surface area contributed by atoms with E-state index in [4.69, 9.17) is 4.74 Å². The highest BCUT2D eigenvalue weighted by Crippen LogP contribution is 2.65. The Bertz CT molecular complexity index is 1430. The molecule has 4 N–H and O–H groups in total. The molecule has 1 saturated heterocycles. The molecule has 4 rings (SSSR count). The first-order valence-electron chi connectivity index (χ1n) is 18.1. The lowest BCUT2D eigenvalue weighted by Crippen LogP contribution is -2.65. The maximum atomic E-state index is 14.7. The van der Waals surface area contributed by atoms with Gasteiger partial charge in [0, 0.05) is 20.2 Å². The van der Waals surface area contributed by atoms with Crippen LogP contribution in [-0.2, 0) is 33.8 Å². The lowest BCUT2D eigenvalue weighted by molar-refractivity contribution is -0.145. The number of likely N-dealkylation sites (tertiary alicyclic amines) is 1. The third kappa shape index (κ3) is 8.37. The molecular weight excluding hydrogens is 662 g/mol. The van der Waals surface area contributed by atoms with E-state index in [1.165, 1.54) is 13.2 Å². The van der Waals surface area contributed by atoms with E-state index in [-0.39, 0.29) is 42.1 Å². The van der Waals surface area contributed by atoms with Gasteiger partial charge >= 0.3 is 6.03 Å². The predicted molar refractivity (Wildman–Crippen MR) is 190 cm³/mol. The lowest BCUT2D eigenvalue weighted by atomic mass is 9.70. The van der Waals surface area contributed by atoms with Gasteiger partial charge < -0.3 is 30.9 Å². The van der Waals surface area contributed by atoms with Gasteiger partial charge in [0.15, 0.2) is 9.84 Å². The van der Waals surface area contributed by atoms with Crippen molar-refractivity contribution in [1.82, 2.24) is 26.2 Å². The zero-order valence-electron chi connectivity index (χ0n) is 30.8. The molecule has 1 heterocycles. The molecule has 3 saturated carbocycles. The van der Waals surface area contributed by atoms with Crippen LogP contribution in [0.2, 0.25) is 0 Å². The number of ether oxygens (including phenoxy) is 1. The van der Waals surface area contributed by atoms with Crippen LogP contribution in [0.1, 0.15) is 98.8 Å². The first-order chi connectivity index (χ1) is 23.3. The molecule has 1 aliphatic heterocycles. The van der Waals surface area contributed by atoms with Crippen molar-refractivity contribution >= 4 is 39.4 Å². The number of nitrogens with one attached hydrogen (secondary N) is 4. The number of carbonyl (C=O) groups is 5. The predicted octanol–water partition coefficient (Wildman–Crippen LogP) is 2.64. The normalized spacial score (nSPS) is 25.7. The topological polar surface area (TPSA) is 180 Å². The second kappa shape index (κ2) is 15.3. The Morgan fingerprint density at radius 3 is 2.14 bits per heavy atom. The Morgan fingerprint density at radius 2 is 1.56 bits per heavy atom. The Balaban J connectivity index is 1.57. The van der Waals surface area contributed by atoms with E-state index in [1.54, 1.807) is 18.7 Å². The van der Waals surface area contributed by atoms with Gasteiger partial charge in [0.2, 0.25) is 17.6 Å². The summed E-state index contributed by atoms with van der Waals surface area (Å²) in [6.45, 7) is 12.8. The number of ketones is 1. The monoisotopic (exact) mass is 721 g/mol. The number of methoxy groups -OCH3 is 1. The van der Waals surface area contributed by atoms with Crippen LogP contribution in [0.4, 0.5) is 4.79 Å². The van der Waals surface area contributed by atoms with Gasteiger partial charge in [-0.2, -0.15) is 0 Å². The molecule has 282 valence electrons. The molecule has 3 aliphatic carbocycles. The minimum Gasteiger partial charge on any atom is -0.383 e. The van der Waals surface area contributed by atoms with E-state index < -0.39 is 67.8 Å². The average Bonchev–Trinajstić information content (AvgIpc) is 3.35. The standard InChI is InChI=1S/C36H59N5O8S/c1-8-19-37-29(43)25(42)20-38-30(44)27-26-24(34(26,4)5)21-41(27)31(45)28(35(6)15-11-9-12-16-35)39-32(46)40-36(17-13-10-14-18-36)23-50(47,48)33(2,3)22-49-7/h8,24,26-28H,1,9-23H2,2-7H3,(H,37,43)(H,38,44)(H2,39,40,46)/t24-,26-,27-,28+/m0/s1. The molecule has 13 nitrogen and oxygen atoms in total. The molecule has 50 heavy (non-hydrogen) atoms. The van der Waals surface area contributed by atoms with Gasteiger partial charge in [0.25, 0.3) is 5.91 Å². The minimum absolute atomic E-state index is 0.0204. The zero-order chi connectivity index (χ0) is 37.1. The second-order valence-electron chi connectivity index (χ2n) is 16.6. The Morgan fingerprint density at radius 1 is 0.960 bits per heavy atom. The molecular formula is C36H59N5O8S. The van der Waals surface area contributed by atoms with Crippen molar-refractivity contribution in [1.29, 1.82) is 0 Å². The van der Waals surface area contributed by atoms with E-state index in [0.717, 1.165) is 38.5 Å². The van der Waals surface area contributed by atoms with Gasteiger partial charge in [0.05, 0.1) is 29.2 Å². The number of hydrogen-bond donors (Lipinski definition) is 4. The van der Waals surface area contributed by atoms with E-state index in [1.807, 2.05) is 6.92 Å². The van der Waals surface area contributed by atoms with Crippen LogP contribution in [0.25, 0.3) is 0 Å².